The van der Waals surface area contributed by atoms with Crippen molar-refractivity contribution in [3.63, 3.8) is 0 Å². The van der Waals surface area contributed by atoms with Crippen LogP contribution in [0.25, 0.3) is 0 Å². The van der Waals surface area contributed by atoms with E-state index in [9.17, 15) is 4.79 Å². The first-order chi connectivity index (χ1) is 11.1. The molecule has 126 valence electrons. The first-order valence-electron chi connectivity index (χ1n) is 8.32. The van der Waals surface area contributed by atoms with Crippen molar-refractivity contribution in [3.05, 3.63) is 23.3 Å². The number of piperidine rings is 1. The Hall–Kier alpha value is -1.53. The third kappa shape index (κ3) is 3.10. The number of likely N-dealkylation sites (tertiary alicyclic amines) is 1. The first kappa shape index (κ1) is 16.3. The third-order valence-corrected chi connectivity index (χ3v) is 5.10. The number of carbonyl (C=O) groups is 1. The number of ether oxygens (including phenoxy) is 2. The molecule has 23 heavy (non-hydrogen) atoms. The van der Waals surface area contributed by atoms with E-state index in [1.54, 1.807) is 13.3 Å². The second-order valence-electron chi connectivity index (χ2n) is 6.49. The normalized spacial score (nSPS) is 24.0. The highest BCUT2D eigenvalue weighted by molar-refractivity contribution is 5.95. The molecule has 1 atom stereocenters. The second-order valence-corrected chi connectivity index (χ2v) is 6.49. The molecule has 2 aliphatic rings. The fourth-order valence-corrected chi connectivity index (χ4v) is 3.75. The van der Waals surface area contributed by atoms with Crippen LogP contribution in [0.1, 0.15) is 47.6 Å². The predicted molar refractivity (Wildman–Crippen MR) is 85.4 cm³/mol. The largest absolute Gasteiger partial charge is 0.378 e. The molecule has 0 aliphatic carbocycles. The minimum Gasteiger partial charge on any atom is -0.378 e. The van der Waals surface area contributed by atoms with E-state index in [2.05, 4.69) is 9.97 Å². The lowest BCUT2D eigenvalue weighted by atomic mass is 9.81. The molecule has 0 aromatic carbocycles. The van der Waals surface area contributed by atoms with Crippen LogP contribution in [0.4, 0.5) is 0 Å². The average Bonchev–Trinajstić information content (AvgIpc) is 2.55. The Balaban J connectivity index is 1.69. The molecule has 1 aromatic rings. The Morgan fingerprint density at radius 3 is 2.78 bits per heavy atom. The summed E-state index contributed by atoms with van der Waals surface area (Å²) >= 11 is 0. The Morgan fingerprint density at radius 1 is 1.39 bits per heavy atom. The van der Waals surface area contributed by atoms with Gasteiger partial charge in [0.2, 0.25) is 0 Å². The Morgan fingerprint density at radius 2 is 2.13 bits per heavy atom. The molecule has 3 rings (SSSR count). The van der Waals surface area contributed by atoms with Crippen molar-refractivity contribution in [2.75, 3.05) is 26.8 Å². The molecular weight excluding hydrogens is 294 g/mol. The summed E-state index contributed by atoms with van der Waals surface area (Å²) in [6.07, 6.45) is 5.50. The molecule has 0 radical (unpaired) electrons. The van der Waals surface area contributed by atoms with Crippen molar-refractivity contribution in [1.82, 2.24) is 14.9 Å². The summed E-state index contributed by atoms with van der Waals surface area (Å²) in [6, 6.07) is 0. The molecule has 1 aromatic heterocycles. The van der Waals surface area contributed by atoms with Crippen molar-refractivity contribution < 1.29 is 14.3 Å². The van der Waals surface area contributed by atoms with Gasteiger partial charge in [-0.1, -0.05) is 0 Å². The van der Waals surface area contributed by atoms with Crippen LogP contribution >= 0.6 is 0 Å². The van der Waals surface area contributed by atoms with Gasteiger partial charge >= 0.3 is 0 Å². The maximum atomic E-state index is 12.7. The fraction of sp³-hybridized carbons (Fsp3) is 0.706. The Labute approximate surface area is 137 Å². The van der Waals surface area contributed by atoms with E-state index in [0.717, 1.165) is 38.0 Å². The van der Waals surface area contributed by atoms with Crippen LogP contribution < -0.4 is 0 Å². The maximum absolute atomic E-state index is 12.7. The van der Waals surface area contributed by atoms with Gasteiger partial charge in [0.1, 0.15) is 5.82 Å². The van der Waals surface area contributed by atoms with Crippen molar-refractivity contribution in [3.8, 4) is 0 Å². The van der Waals surface area contributed by atoms with E-state index in [0.29, 0.717) is 24.5 Å². The molecule has 1 unspecified atom stereocenters. The molecule has 2 saturated heterocycles. The quantitative estimate of drug-likeness (QED) is 0.833. The Kier molecular flexibility index (Phi) is 4.64. The van der Waals surface area contributed by atoms with Gasteiger partial charge in [0.25, 0.3) is 5.91 Å². The van der Waals surface area contributed by atoms with E-state index in [1.165, 1.54) is 0 Å². The van der Waals surface area contributed by atoms with Gasteiger partial charge in [-0.25, -0.2) is 9.97 Å². The summed E-state index contributed by atoms with van der Waals surface area (Å²) in [7, 11) is 1.76. The zero-order valence-corrected chi connectivity index (χ0v) is 14.2. The second kappa shape index (κ2) is 6.53. The minimum absolute atomic E-state index is 0.0159. The van der Waals surface area contributed by atoms with Crippen molar-refractivity contribution in [2.45, 2.75) is 51.2 Å². The zero-order valence-electron chi connectivity index (χ0n) is 14.2. The number of hydrogen-bond acceptors (Lipinski definition) is 5. The standard InChI is InChI=1S/C17H25N3O3/c1-12-14(11-18-13(2)19-12)16(21)20-8-6-17(7-9-20)15(22-3)5-4-10-23-17/h11,15H,4-10H2,1-3H3. The number of aryl methyl sites for hydroxylation is 2. The summed E-state index contributed by atoms with van der Waals surface area (Å²) in [6.45, 7) is 5.85. The maximum Gasteiger partial charge on any atom is 0.257 e. The molecule has 0 saturated carbocycles. The summed E-state index contributed by atoms with van der Waals surface area (Å²) < 4.78 is 11.7. The van der Waals surface area contributed by atoms with Gasteiger partial charge in [0, 0.05) is 33.0 Å². The molecule has 2 fully saturated rings. The van der Waals surface area contributed by atoms with E-state index in [4.69, 9.17) is 9.47 Å². The number of nitrogens with zero attached hydrogens (tertiary/aromatic N) is 3. The van der Waals surface area contributed by atoms with Gasteiger partial charge in [-0.2, -0.15) is 0 Å². The van der Waals surface area contributed by atoms with Crippen LogP contribution in [0.2, 0.25) is 0 Å². The molecule has 0 N–H and O–H groups in total. The van der Waals surface area contributed by atoms with Crippen LogP contribution in [0, 0.1) is 13.8 Å². The van der Waals surface area contributed by atoms with E-state index < -0.39 is 0 Å². The minimum atomic E-state index is -0.220. The van der Waals surface area contributed by atoms with Gasteiger partial charge < -0.3 is 14.4 Å². The molecule has 0 bridgehead atoms. The third-order valence-electron chi connectivity index (χ3n) is 5.10. The van der Waals surface area contributed by atoms with Gasteiger partial charge in [0.05, 0.1) is 23.0 Å². The Bertz CT molecular complexity index is 582. The lowest BCUT2D eigenvalue weighted by Crippen LogP contribution is -2.56. The van der Waals surface area contributed by atoms with Crippen LogP contribution in [0.3, 0.4) is 0 Å². The number of methoxy groups -OCH3 is 1. The molecule has 1 amide bonds. The summed E-state index contributed by atoms with van der Waals surface area (Å²) in [5, 5.41) is 0. The van der Waals surface area contributed by atoms with E-state index in [1.807, 2.05) is 18.7 Å². The van der Waals surface area contributed by atoms with Crippen molar-refractivity contribution in [1.29, 1.82) is 0 Å². The van der Waals surface area contributed by atoms with Crippen molar-refractivity contribution in [2.24, 2.45) is 0 Å². The average molecular weight is 319 g/mol. The predicted octanol–water partition coefficient (Wildman–Crippen LogP) is 1.89. The lowest BCUT2D eigenvalue weighted by molar-refractivity contribution is -0.183. The number of carbonyl (C=O) groups excluding carboxylic acids is 1. The molecule has 2 aliphatic heterocycles. The van der Waals surface area contributed by atoms with Gasteiger partial charge in [-0.15, -0.1) is 0 Å². The smallest absolute Gasteiger partial charge is 0.257 e. The summed E-state index contributed by atoms with van der Waals surface area (Å²) in [4.78, 5) is 23.1. The molecular formula is C17H25N3O3. The van der Waals surface area contributed by atoms with Gasteiger partial charge in [-0.3, -0.25) is 4.79 Å². The van der Waals surface area contributed by atoms with Gasteiger partial charge in [0.15, 0.2) is 0 Å². The highest BCUT2D eigenvalue weighted by Crippen LogP contribution is 2.37. The summed E-state index contributed by atoms with van der Waals surface area (Å²) in [5.74, 6) is 0.706. The van der Waals surface area contributed by atoms with Crippen LogP contribution in [-0.4, -0.2) is 59.3 Å². The number of rotatable bonds is 2. The van der Waals surface area contributed by atoms with Crippen LogP contribution in [-0.2, 0) is 9.47 Å². The van der Waals surface area contributed by atoms with E-state index in [-0.39, 0.29) is 17.6 Å². The monoisotopic (exact) mass is 319 g/mol. The van der Waals surface area contributed by atoms with Crippen molar-refractivity contribution >= 4 is 5.91 Å². The topological polar surface area (TPSA) is 64.6 Å². The van der Waals surface area contributed by atoms with E-state index >= 15 is 0 Å². The molecule has 3 heterocycles. The molecule has 6 nitrogen and oxygen atoms in total. The first-order valence-corrected chi connectivity index (χ1v) is 8.32. The highest BCUT2D eigenvalue weighted by atomic mass is 16.5. The van der Waals surface area contributed by atoms with Gasteiger partial charge in [-0.05, 0) is 39.5 Å². The number of amides is 1. The zero-order chi connectivity index (χ0) is 16.4. The number of hydrogen-bond donors (Lipinski definition) is 0. The SMILES string of the molecule is COC1CCCOC12CCN(C(=O)c1cnc(C)nc1C)CC2. The highest BCUT2D eigenvalue weighted by Gasteiger charge is 2.45. The molecule has 6 heteroatoms. The summed E-state index contributed by atoms with van der Waals surface area (Å²) in [5.41, 5.74) is 1.12. The van der Waals surface area contributed by atoms with Crippen LogP contribution in [0.5, 0.6) is 0 Å². The molecule has 1 spiro atoms. The lowest BCUT2D eigenvalue weighted by Gasteiger charge is -2.48. The van der Waals surface area contributed by atoms with Crippen LogP contribution in [0.15, 0.2) is 6.20 Å². The fourth-order valence-electron chi connectivity index (χ4n) is 3.75. The number of aromatic nitrogens is 2.